The van der Waals surface area contributed by atoms with Gasteiger partial charge in [0.15, 0.2) is 5.13 Å². The first-order chi connectivity index (χ1) is 12.2. The minimum absolute atomic E-state index is 0.618. The van der Waals surface area contributed by atoms with E-state index >= 15 is 0 Å². The first kappa shape index (κ1) is 21.1. The quantitative estimate of drug-likeness (QED) is 0.597. The summed E-state index contributed by atoms with van der Waals surface area (Å²) >= 11 is 7.39. The molecular formula is C19H25ClN4S. The van der Waals surface area contributed by atoms with Gasteiger partial charge in [-0.1, -0.05) is 55.3 Å². The van der Waals surface area contributed by atoms with E-state index in [4.69, 9.17) is 11.6 Å². The van der Waals surface area contributed by atoms with Gasteiger partial charge in [0.25, 0.3) is 0 Å². The Morgan fingerprint density at radius 2 is 2.16 bits per heavy atom. The summed E-state index contributed by atoms with van der Waals surface area (Å²) in [6, 6.07) is 3.63. The predicted molar refractivity (Wildman–Crippen MR) is 112 cm³/mol. The number of pyridine rings is 1. The lowest BCUT2D eigenvalue weighted by molar-refractivity contribution is 0.959. The summed E-state index contributed by atoms with van der Waals surface area (Å²) in [5.41, 5.74) is 6.54. The van der Waals surface area contributed by atoms with Crippen molar-refractivity contribution in [2.45, 2.75) is 26.7 Å². The summed E-state index contributed by atoms with van der Waals surface area (Å²) in [7, 11) is 1.50. The molecule has 2 aromatic rings. The third-order valence-electron chi connectivity index (χ3n) is 2.98. The van der Waals surface area contributed by atoms with Crippen LogP contribution >= 0.6 is 22.9 Å². The first-order valence-corrected chi connectivity index (χ1v) is 9.40. The molecule has 0 aliphatic heterocycles. The van der Waals surface area contributed by atoms with Crippen LogP contribution < -0.4 is 11.1 Å². The van der Waals surface area contributed by atoms with Crippen LogP contribution in [0.25, 0.3) is 5.57 Å². The molecule has 6 heteroatoms. The highest BCUT2D eigenvalue weighted by Gasteiger charge is 2.05. The molecule has 0 atom stereocenters. The molecule has 4 nitrogen and oxygen atoms in total. The number of nitrogens with zero attached hydrogens (tertiary/aromatic N) is 2. The largest absolute Gasteiger partial charge is 0.333 e. The van der Waals surface area contributed by atoms with Gasteiger partial charge >= 0.3 is 0 Å². The molecular weight excluding hydrogens is 352 g/mol. The molecule has 25 heavy (non-hydrogen) atoms. The number of unbranched alkanes of at least 4 members (excludes halogenated alkanes) is 1. The Kier molecular flexibility index (Phi) is 10.5. The van der Waals surface area contributed by atoms with Crippen LogP contribution in [0, 0.1) is 0 Å². The Morgan fingerprint density at radius 3 is 2.80 bits per heavy atom. The molecule has 0 spiro atoms. The number of rotatable bonds is 7. The molecule has 0 saturated heterocycles. The van der Waals surface area contributed by atoms with Crippen molar-refractivity contribution in [3.8, 4) is 0 Å². The molecule has 0 saturated carbocycles. The molecule has 2 aromatic heterocycles. The average molecular weight is 377 g/mol. The molecule has 134 valence electrons. The van der Waals surface area contributed by atoms with Gasteiger partial charge < -0.3 is 11.1 Å². The molecule has 0 radical (unpaired) electrons. The van der Waals surface area contributed by atoms with E-state index in [1.54, 1.807) is 23.6 Å². The maximum atomic E-state index is 5.84. The van der Waals surface area contributed by atoms with E-state index in [-0.39, 0.29) is 0 Å². The molecule has 0 amide bonds. The molecule has 3 N–H and O–H groups in total. The standard InChI is InChI=1S/C18H20ClN3S.CH5N/c1-3-5-6-7-9-14(8-4-2)16-13-23-18(21-16)22-17-11-10-15(19)12-20-17;1-2/h4,6-13H,3,5H2,1-2H3,(H,20,21,22);2H2,1H3/b7-6-,8-4-,14-9+;. The zero-order valence-electron chi connectivity index (χ0n) is 14.9. The second-order valence-electron chi connectivity index (χ2n) is 4.86. The summed E-state index contributed by atoms with van der Waals surface area (Å²) < 4.78 is 0. The Bertz CT molecular complexity index is 702. The highest BCUT2D eigenvalue weighted by atomic mass is 35.5. The summed E-state index contributed by atoms with van der Waals surface area (Å²) in [6.45, 7) is 4.18. The molecule has 0 aliphatic rings. The van der Waals surface area contributed by atoms with Crippen molar-refractivity contribution < 1.29 is 0 Å². The normalized spacial score (nSPS) is 11.6. The monoisotopic (exact) mass is 376 g/mol. The molecule has 0 unspecified atom stereocenters. The van der Waals surface area contributed by atoms with Crippen LogP contribution in [0.4, 0.5) is 10.9 Å². The topological polar surface area (TPSA) is 63.8 Å². The highest BCUT2D eigenvalue weighted by molar-refractivity contribution is 7.13. The van der Waals surface area contributed by atoms with Crippen molar-refractivity contribution in [3.63, 3.8) is 0 Å². The summed E-state index contributed by atoms with van der Waals surface area (Å²) in [4.78, 5) is 8.84. The van der Waals surface area contributed by atoms with Crippen LogP contribution in [-0.2, 0) is 0 Å². The fourth-order valence-electron chi connectivity index (χ4n) is 1.86. The van der Waals surface area contributed by atoms with Gasteiger partial charge in [0.2, 0.25) is 0 Å². The van der Waals surface area contributed by atoms with Crippen molar-refractivity contribution in [1.29, 1.82) is 0 Å². The van der Waals surface area contributed by atoms with Crippen LogP contribution in [0.1, 0.15) is 32.4 Å². The van der Waals surface area contributed by atoms with Crippen LogP contribution in [0.2, 0.25) is 5.02 Å². The molecule has 2 heterocycles. The lowest BCUT2D eigenvalue weighted by Crippen LogP contribution is -1.92. The lowest BCUT2D eigenvalue weighted by atomic mass is 10.1. The maximum absolute atomic E-state index is 5.84. The van der Waals surface area contributed by atoms with Crippen molar-refractivity contribution in [1.82, 2.24) is 9.97 Å². The second kappa shape index (κ2) is 12.4. The van der Waals surface area contributed by atoms with Crippen molar-refractivity contribution in [2.24, 2.45) is 5.73 Å². The number of thiazole rings is 1. The number of nitrogens with two attached hydrogens (primary N) is 1. The Balaban J connectivity index is 0.00000151. The molecule has 0 aliphatic carbocycles. The SMILES string of the molecule is CN.C\C=C/C(=C\C=C/CCC)c1csc(Nc2ccc(Cl)cn2)n1. The third-order valence-corrected chi connectivity index (χ3v) is 3.96. The van der Waals surface area contributed by atoms with Crippen LogP contribution in [0.5, 0.6) is 0 Å². The minimum Gasteiger partial charge on any atom is -0.333 e. The van der Waals surface area contributed by atoms with E-state index in [1.807, 2.05) is 24.4 Å². The molecule has 0 fully saturated rings. The number of nitrogens with one attached hydrogen (secondary N) is 1. The predicted octanol–water partition coefficient (Wildman–Crippen LogP) is 5.83. The van der Waals surface area contributed by atoms with Gasteiger partial charge in [-0.05, 0) is 32.5 Å². The van der Waals surface area contributed by atoms with Crippen LogP contribution in [-0.4, -0.2) is 17.0 Å². The number of halogens is 1. The number of allylic oxidation sites excluding steroid dienone is 6. The number of anilines is 2. The molecule has 0 aromatic carbocycles. The van der Waals surface area contributed by atoms with Crippen LogP contribution in [0.3, 0.4) is 0 Å². The third kappa shape index (κ3) is 7.65. The van der Waals surface area contributed by atoms with Crippen molar-refractivity contribution >= 4 is 39.5 Å². The van der Waals surface area contributed by atoms with Crippen molar-refractivity contribution in [2.75, 3.05) is 12.4 Å². The van der Waals surface area contributed by atoms with Gasteiger partial charge in [-0.15, -0.1) is 11.3 Å². The molecule has 2 rings (SSSR count). The summed E-state index contributed by atoms with van der Waals surface area (Å²) in [5, 5.41) is 6.66. The Hall–Kier alpha value is -1.95. The van der Waals surface area contributed by atoms with E-state index in [2.05, 4.69) is 52.2 Å². The van der Waals surface area contributed by atoms with Crippen molar-refractivity contribution in [3.05, 3.63) is 64.8 Å². The summed E-state index contributed by atoms with van der Waals surface area (Å²) in [6.07, 6.45) is 14.3. The van der Waals surface area contributed by atoms with Crippen LogP contribution in [0.15, 0.2) is 54.1 Å². The summed E-state index contributed by atoms with van der Waals surface area (Å²) in [5.74, 6) is 0.731. The van der Waals surface area contributed by atoms with Gasteiger partial charge in [-0.3, -0.25) is 0 Å². The molecule has 0 bridgehead atoms. The van der Waals surface area contributed by atoms with Gasteiger partial charge in [0.05, 0.1) is 10.7 Å². The minimum atomic E-state index is 0.618. The van der Waals surface area contributed by atoms with E-state index in [0.29, 0.717) is 5.02 Å². The number of hydrogen-bond acceptors (Lipinski definition) is 5. The first-order valence-electron chi connectivity index (χ1n) is 8.14. The zero-order valence-corrected chi connectivity index (χ0v) is 16.4. The van der Waals surface area contributed by atoms with E-state index in [1.165, 1.54) is 7.05 Å². The number of hydrogen-bond donors (Lipinski definition) is 2. The average Bonchev–Trinajstić information content (AvgIpc) is 3.10. The van der Waals surface area contributed by atoms with E-state index < -0.39 is 0 Å². The van der Waals surface area contributed by atoms with Gasteiger partial charge in [0.1, 0.15) is 5.82 Å². The van der Waals surface area contributed by atoms with E-state index in [0.717, 1.165) is 35.1 Å². The van der Waals surface area contributed by atoms with Gasteiger partial charge in [-0.25, -0.2) is 9.97 Å². The fraction of sp³-hybridized carbons (Fsp3) is 0.263. The smallest absolute Gasteiger partial charge is 0.188 e. The second-order valence-corrected chi connectivity index (χ2v) is 6.16. The van der Waals surface area contributed by atoms with Gasteiger partial charge in [-0.2, -0.15) is 0 Å². The fourth-order valence-corrected chi connectivity index (χ4v) is 2.70. The Morgan fingerprint density at radius 1 is 1.36 bits per heavy atom. The Labute approximate surface area is 159 Å². The maximum Gasteiger partial charge on any atom is 0.188 e. The van der Waals surface area contributed by atoms with Gasteiger partial charge in [0, 0.05) is 17.2 Å². The zero-order chi connectivity index (χ0) is 18.5. The number of aromatic nitrogens is 2. The van der Waals surface area contributed by atoms with E-state index in [9.17, 15) is 0 Å². The lowest BCUT2D eigenvalue weighted by Gasteiger charge is -2.01. The highest BCUT2D eigenvalue weighted by Crippen LogP contribution is 2.25.